The predicted molar refractivity (Wildman–Crippen MR) is 186 cm³/mol. The number of carbonyl (C=O) groups is 1. The Morgan fingerprint density at radius 3 is 2.47 bits per heavy atom. The van der Waals surface area contributed by atoms with Crippen LogP contribution in [0.4, 0.5) is 5.69 Å². The van der Waals surface area contributed by atoms with Crippen LogP contribution in [0.1, 0.15) is 35.2 Å². The maximum Gasteiger partial charge on any atom is 0.256 e. The summed E-state index contributed by atoms with van der Waals surface area (Å²) in [5.41, 5.74) is 5.29. The van der Waals surface area contributed by atoms with Crippen molar-refractivity contribution in [2.24, 2.45) is 0 Å². The molecule has 2 N–H and O–H groups in total. The van der Waals surface area contributed by atoms with E-state index in [9.17, 15) is 4.79 Å². The van der Waals surface area contributed by atoms with E-state index in [0.717, 1.165) is 51.6 Å². The molecule has 8 nitrogen and oxygen atoms in total. The number of fused-ring (bicyclic) bond motifs is 2. The highest BCUT2D eigenvalue weighted by Crippen LogP contribution is 2.38. The average molecular weight is 625 g/mol. The third kappa shape index (κ3) is 6.88. The zero-order valence-corrected chi connectivity index (χ0v) is 26.5. The molecule has 0 atom stereocenters. The quantitative estimate of drug-likeness (QED) is 0.132. The molecule has 1 aliphatic rings. The topological polar surface area (TPSA) is 94.6 Å². The Kier molecular flexibility index (Phi) is 8.66. The van der Waals surface area contributed by atoms with Gasteiger partial charge in [-0.3, -0.25) is 9.78 Å². The Morgan fingerprint density at radius 1 is 0.830 bits per heavy atom. The zero-order valence-electron chi connectivity index (χ0n) is 26.5. The van der Waals surface area contributed by atoms with Crippen molar-refractivity contribution in [1.29, 1.82) is 0 Å². The Hall–Kier alpha value is -5.47. The number of nitrogens with one attached hydrogen (secondary N) is 2. The van der Waals surface area contributed by atoms with Gasteiger partial charge in [0.15, 0.2) is 11.5 Å². The second kappa shape index (κ2) is 13.5. The molecule has 236 valence electrons. The second-order valence-corrected chi connectivity index (χ2v) is 11.7. The number of carbonyl (C=O) groups excluding carboxylic acids is 1. The molecule has 0 radical (unpaired) electrons. The van der Waals surface area contributed by atoms with Crippen LogP contribution in [0.5, 0.6) is 23.0 Å². The van der Waals surface area contributed by atoms with E-state index in [1.165, 1.54) is 12.8 Å². The molecule has 1 saturated carbocycles. The van der Waals surface area contributed by atoms with E-state index < -0.39 is 0 Å². The number of amides is 1. The van der Waals surface area contributed by atoms with Gasteiger partial charge >= 0.3 is 0 Å². The van der Waals surface area contributed by atoms with Crippen molar-refractivity contribution in [3.63, 3.8) is 0 Å². The number of aryl methyl sites for hydroxylation is 1. The Balaban J connectivity index is 1.09. The Morgan fingerprint density at radius 2 is 1.66 bits per heavy atom. The first-order valence-corrected chi connectivity index (χ1v) is 15.9. The number of methoxy groups -OCH3 is 1. The molecule has 4 aromatic carbocycles. The number of benzene rings is 4. The molecule has 2 heterocycles. The first kappa shape index (κ1) is 30.2. The van der Waals surface area contributed by atoms with Gasteiger partial charge in [-0.1, -0.05) is 48.5 Å². The number of hydrogen-bond donors (Lipinski definition) is 2. The summed E-state index contributed by atoms with van der Waals surface area (Å²) in [7, 11) is 1.63. The van der Waals surface area contributed by atoms with Crippen molar-refractivity contribution in [3.8, 4) is 34.3 Å². The second-order valence-electron chi connectivity index (χ2n) is 11.7. The molecule has 1 aliphatic carbocycles. The number of para-hydroxylation sites is 1. The van der Waals surface area contributed by atoms with Crippen LogP contribution in [0.25, 0.3) is 33.1 Å². The number of hydrogen-bond acceptors (Lipinski definition) is 7. The van der Waals surface area contributed by atoms with Crippen LogP contribution in [-0.2, 0) is 0 Å². The van der Waals surface area contributed by atoms with Gasteiger partial charge in [0.2, 0.25) is 0 Å². The fourth-order valence-electron chi connectivity index (χ4n) is 5.62. The predicted octanol–water partition coefficient (Wildman–Crippen LogP) is 8.33. The molecule has 0 aliphatic heterocycles. The van der Waals surface area contributed by atoms with Crippen molar-refractivity contribution in [3.05, 3.63) is 114 Å². The van der Waals surface area contributed by atoms with E-state index in [2.05, 4.69) is 15.6 Å². The van der Waals surface area contributed by atoms with Crippen LogP contribution in [0.2, 0.25) is 0 Å². The van der Waals surface area contributed by atoms with E-state index in [0.29, 0.717) is 46.9 Å². The van der Waals surface area contributed by atoms with E-state index in [-0.39, 0.29) is 5.91 Å². The first-order chi connectivity index (χ1) is 23.1. The van der Waals surface area contributed by atoms with E-state index in [1.54, 1.807) is 13.3 Å². The number of ether oxygens (including phenoxy) is 3. The summed E-state index contributed by atoms with van der Waals surface area (Å²) in [6.07, 6.45) is 5.18. The molecular weight excluding hydrogens is 588 g/mol. The Bertz CT molecular complexity index is 2060. The summed E-state index contributed by atoms with van der Waals surface area (Å²) in [5, 5.41) is 8.19. The fourth-order valence-corrected chi connectivity index (χ4v) is 5.62. The molecule has 8 heteroatoms. The third-order valence-electron chi connectivity index (χ3n) is 8.26. The minimum Gasteiger partial charge on any atom is -0.493 e. The van der Waals surface area contributed by atoms with Gasteiger partial charge < -0.3 is 24.8 Å². The monoisotopic (exact) mass is 624 g/mol. The number of rotatable bonds is 12. The molecule has 2 aromatic heterocycles. The molecule has 1 fully saturated rings. The van der Waals surface area contributed by atoms with E-state index in [1.807, 2.05) is 104 Å². The molecule has 0 spiro atoms. The molecule has 1 amide bonds. The molecule has 47 heavy (non-hydrogen) atoms. The molecule has 0 bridgehead atoms. The summed E-state index contributed by atoms with van der Waals surface area (Å²) >= 11 is 0. The number of anilines is 1. The largest absolute Gasteiger partial charge is 0.493 e. The number of aromatic nitrogens is 2. The van der Waals surface area contributed by atoms with Crippen LogP contribution in [-0.4, -0.2) is 42.2 Å². The molecule has 6 aromatic rings. The third-order valence-corrected chi connectivity index (χ3v) is 8.26. The van der Waals surface area contributed by atoms with Crippen molar-refractivity contribution in [2.75, 3.05) is 25.6 Å². The maximum absolute atomic E-state index is 13.7. The van der Waals surface area contributed by atoms with Crippen LogP contribution < -0.4 is 24.8 Å². The summed E-state index contributed by atoms with van der Waals surface area (Å²) in [5.74, 6) is 2.38. The molecule has 0 unspecified atom stereocenters. The zero-order chi connectivity index (χ0) is 32.2. The Labute approximate surface area is 273 Å². The first-order valence-electron chi connectivity index (χ1n) is 15.9. The molecule has 7 rings (SSSR count). The van der Waals surface area contributed by atoms with Gasteiger partial charge in [-0.05, 0) is 80.8 Å². The number of nitrogens with zero attached hydrogens (tertiary/aromatic N) is 2. The van der Waals surface area contributed by atoms with Gasteiger partial charge in [-0.25, -0.2) is 4.98 Å². The van der Waals surface area contributed by atoms with Gasteiger partial charge in [0.1, 0.15) is 11.5 Å². The summed E-state index contributed by atoms with van der Waals surface area (Å²) < 4.78 is 18.1. The smallest absolute Gasteiger partial charge is 0.256 e. The van der Waals surface area contributed by atoms with E-state index >= 15 is 0 Å². The average Bonchev–Trinajstić information content (AvgIpc) is 3.93. The highest BCUT2D eigenvalue weighted by Gasteiger charge is 2.20. The van der Waals surface area contributed by atoms with Crippen LogP contribution in [0.3, 0.4) is 0 Å². The van der Waals surface area contributed by atoms with Crippen molar-refractivity contribution in [2.45, 2.75) is 32.2 Å². The summed E-state index contributed by atoms with van der Waals surface area (Å²) in [6.45, 7) is 3.48. The van der Waals surface area contributed by atoms with Crippen molar-refractivity contribution in [1.82, 2.24) is 15.3 Å². The minimum atomic E-state index is -0.210. The normalized spacial score (nSPS) is 12.6. The highest BCUT2D eigenvalue weighted by atomic mass is 16.5. The van der Waals surface area contributed by atoms with Crippen LogP contribution >= 0.6 is 0 Å². The SMILES string of the molecule is COc1cc2c(Oc3ccc(NC(=O)c4cc(-c5ccccc5)nc5ccccc45)cc3C)ccnc2cc1OCCCNC1CC1. The number of pyridine rings is 2. The van der Waals surface area contributed by atoms with Crippen molar-refractivity contribution >= 4 is 33.4 Å². The van der Waals surface area contributed by atoms with Gasteiger partial charge in [0.25, 0.3) is 5.91 Å². The fraction of sp³-hybridized carbons (Fsp3) is 0.205. The summed E-state index contributed by atoms with van der Waals surface area (Å²) in [6, 6.07) is 31.3. The van der Waals surface area contributed by atoms with Gasteiger partial charge in [-0.15, -0.1) is 0 Å². The standard InChI is InChI=1S/C39H36N4O4/c1-25-21-28(42-39(44)30-22-33(26-9-4-3-5-10-26)43-32-12-7-6-11-29(30)32)15-16-35(25)47-36-17-19-41-34-24-38(37(45-2)23-31(34)36)46-20-8-18-40-27-13-14-27/h3-7,9-12,15-17,19,21-24,27,40H,8,13-14,18,20H2,1-2H3,(H,42,44). The van der Waals surface area contributed by atoms with Gasteiger partial charge in [-0.2, -0.15) is 0 Å². The van der Waals surface area contributed by atoms with Crippen LogP contribution in [0, 0.1) is 6.92 Å². The lowest BCUT2D eigenvalue weighted by Crippen LogP contribution is -2.19. The maximum atomic E-state index is 13.7. The summed E-state index contributed by atoms with van der Waals surface area (Å²) in [4.78, 5) is 23.0. The van der Waals surface area contributed by atoms with Gasteiger partial charge in [0.05, 0.1) is 36.0 Å². The minimum absolute atomic E-state index is 0.210. The lowest BCUT2D eigenvalue weighted by molar-refractivity contribution is 0.102. The van der Waals surface area contributed by atoms with Crippen molar-refractivity contribution < 1.29 is 19.0 Å². The molecule has 0 saturated heterocycles. The lowest BCUT2D eigenvalue weighted by Gasteiger charge is -2.15. The highest BCUT2D eigenvalue weighted by molar-refractivity contribution is 6.13. The lowest BCUT2D eigenvalue weighted by atomic mass is 10.0. The van der Waals surface area contributed by atoms with Gasteiger partial charge in [0, 0.05) is 40.3 Å². The molecular formula is C39H36N4O4. The van der Waals surface area contributed by atoms with Crippen LogP contribution in [0.15, 0.2) is 103 Å². The van der Waals surface area contributed by atoms with E-state index in [4.69, 9.17) is 19.2 Å².